The Morgan fingerprint density at radius 2 is 2.02 bits per heavy atom. The number of amides is 2. The monoisotopic (exact) mass is 564 g/mol. The first-order chi connectivity index (χ1) is 20.3. The predicted octanol–water partition coefficient (Wildman–Crippen LogP) is 4.52. The van der Waals surface area contributed by atoms with E-state index in [1.165, 1.54) is 23.2 Å². The highest BCUT2D eigenvalue weighted by molar-refractivity contribution is 6.00. The van der Waals surface area contributed by atoms with E-state index in [2.05, 4.69) is 56.0 Å². The zero-order chi connectivity index (χ0) is 29.3. The van der Waals surface area contributed by atoms with Crippen LogP contribution in [0.1, 0.15) is 54.2 Å². The number of hydrogen-bond donors (Lipinski definition) is 4. The topological polar surface area (TPSA) is 128 Å². The maximum atomic E-state index is 13.1. The van der Waals surface area contributed by atoms with Gasteiger partial charge in [0.25, 0.3) is 5.91 Å². The van der Waals surface area contributed by atoms with Gasteiger partial charge < -0.3 is 25.8 Å². The van der Waals surface area contributed by atoms with Crippen molar-refractivity contribution in [3.63, 3.8) is 0 Å². The fraction of sp³-hybridized carbons (Fsp3) is 0.344. The quantitative estimate of drug-likeness (QED) is 0.204. The number of hydrogen-bond acceptors (Lipinski definition) is 7. The molecule has 1 aromatic carbocycles. The number of benzene rings is 1. The Morgan fingerprint density at radius 3 is 2.83 bits per heavy atom. The Bertz CT molecular complexity index is 1660. The van der Waals surface area contributed by atoms with E-state index in [4.69, 9.17) is 4.98 Å². The molecule has 3 heterocycles. The van der Waals surface area contributed by atoms with Crippen molar-refractivity contribution >= 4 is 34.4 Å². The number of rotatable bonds is 8. The third-order valence-corrected chi connectivity index (χ3v) is 8.02. The maximum absolute atomic E-state index is 13.1. The Hall–Kier alpha value is -4.57. The van der Waals surface area contributed by atoms with E-state index >= 15 is 0 Å². The molecule has 10 nitrogen and oxygen atoms in total. The normalized spacial score (nSPS) is 19.6. The van der Waals surface area contributed by atoms with Gasteiger partial charge in [-0.15, -0.1) is 0 Å². The van der Waals surface area contributed by atoms with Gasteiger partial charge in [-0.25, -0.2) is 15.0 Å². The first-order valence-corrected chi connectivity index (χ1v) is 14.4. The molecule has 2 amide bonds. The lowest BCUT2D eigenvalue weighted by Gasteiger charge is -2.39. The van der Waals surface area contributed by atoms with Crippen LogP contribution in [-0.4, -0.2) is 68.9 Å². The van der Waals surface area contributed by atoms with Crippen molar-refractivity contribution < 1.29 is 9.59 Å². The molecule has 0 unspecified atom stereocenters. The van der Waals surface area contributed by atoms with Crippen LogP contribution in [0.15, 0.2) is 61.1 Å². The number of carbonyl (C=O) groups excluding carboxylic acids is 2. The van der Waals surface area contributed by atoms with Gasteiger partial charge in [-0.05, 0) is 70.5 Å². The molecule has 2 aliphatic rings. The summed E-state index contributed by atoms with van der Waals surface area (Å²) in [5.74, 6) is 0.138. The average molecular weight is 565 g/mol. The molecular weight excluding hydrogens is 528 g/mol. The molecule has 0 saturated heterocycles. The van der Waals surface area contributed by atoms with Crippen molar-refractivity contribution in [2.75, 3.05) is 31.3 Å². The molecule has 0 radical (unpaired) electrons. The second-order valence-electron chi connectivity index (χ2n) is 11.8. The van der Waals surface area contributed by atoms with Crippen molar-refractivity contribution in [3.8, 4) is 11.3 Å². The summed E-state index contributed by atoms with van der Waals surface area (Å²) < 4.78 is 0. The maximum Gasteiger partial charge on any atom is 0.270 e. The minimum absolute atomic E-state index is 0.121. The molecular formula is C32H36N8O2. The first-order valence-electron chi connectivity index (χ1n) is 14.4. The SMILES string of the molecule is CN(C)C/C=C/C(=O)Nc1ccc(C(=O)N[C@@]2(C)CCC[C@@H](Nc3ncc4c(n3)-c3c[nH]c5cccc(c35)C4)C2)nc1. The molecule has 2 atom stereocenters. The number of likely N-dealkylation sites (N-methyl/N-ethyl adjacent to an activating group) is 1. The van der Waals surface area contributed by atoms with E-state index in [1.807, 2.05) is 31.4 Å². The number of pyridine rings is 1. The Balaban J connectivity index is 1.08. The number of anilines is 2. The fourth-order valence-corrected chi connectivity index (χ4v) is 6.04. The van der Waals surface area contributed by atoms with Gasteiger partial charge in [-0.3, -0.25) is 9.59 Å². The van der Waals surface area contributed by atoms with Crippen LogP contribution in [0.25, 0.3) is 22.2 Å². The summed E-state index contributed by atoms with van der Waals surface area (Å²) in [7, 11) is 3.87. The summed E-state index contributed by atoms with van der Waals surface area (Å²) >= 11 is 0. The van der Waals surface area contributed by atoms with Crippen LogP contribution in [0.3, 0.4) is 0 Å². The van der Waals surface area contributed by atoms with Crippen LogP contribution in [0.5, 0.6) is 0 Å². The van der Waals surface area contributed by atoms with E-state index in [-0.39, 0.29) is 17.9 Å². The van der Waals surface area contributed by atoms with Gasteiger partial charge in [0.05, 0.1) is 17.6 Å². The molecule has 0 bridgehead atoms. The Morgan fingerprint density at radius 1 is 1.14 bits per heavy atom. The Labute approximate surface area is 245 Å². The van der Waals surface area contributed by atoms with Gasteiger partial charge in [-0.1, -0.05) is 18.2 Å². The summed E-state index contributed by atoms with van der Waals surface area (Å²) in [5, 5.41) is 10.8. The standard InChI is InChI=1S/C32H36N8O2/c1-32(39-30(42)26-12-11-23(18-33-26)36-27(41)10-6-14-40(2)3)13-5-8-22(16-32)37-31-35-17-21-15-20-7-4-9-25-28(20)24(19-34-25)29(21)38-31/h4,6-7,9-12,17-19,22,34H,5,8,13-16H2,1-3H3,(H,36,41)(H,39,42)(H,35,37,38)/b10-6+/t22-,32+/m1/s1. The van der Waals surface area contributed by atoms with Crippen LogP contribution in [0.4, 0.5) is 11.6 Å². The summed E-state index contributed by atoms with van der Waals surface area (Å²) in [4.78, 5) is 44.4. The lowest BCUT2D eigenvalue weighted by Crippen LogP contribution is -2.51. The molecule has 4 N–H and O–H groups in total. The zero-order valence-corrected chi connectivity index (χ0v) is 24.2. The van der Waals surface area contributed by atoms with Crippen molar-refractivity contribution in [2.24, 2.45) is 0 Å². The van der Waals surface area contributed by atoms with Crippen molar-refractivity contribution in [1.29, 1.82) is 0 Å². The second kappa shape index (κ2) is 11.4. The molecule has 216 valence electrons. The molecule has 6 rings (SSSR count). The molecule has 1 saturated carbocycles. The van der Waals surface area contributed by atoms with Crippen molar-refractivity contribution in [2.45, 2.75) is 50.6 Å². The highest BCUT2D eigenvalue weighted by Crippen LogP contribution is 2.38. The van der Waals surface area contributed by atoms with Crippen LogP contribution < -0.4 is 16.0 Å². The summed E-state index contributed by atoms with van der Waals surface area (Å²) in [6, 6.07) is 9.79. The van der Waals surface area contributed by atoms with Crippen molar-refractivity contribution in [3.05, 3.63) is 77.9 Å². The van der Waals surface area contributed by atoms with E-state index in [1.54, 1.807) is 18.2 Å². The smallest absolute Gasteiger partial charge is 0.270 e. The Kier molecular flexibility index (Phi) is 7.47. The van der Waals surface area contributed by atoms with E-state index < -0.39 is 5.54 Å². The van der Waals surface area contributed by atoms with Crippen LogP contribution >= 0.6 is 0 Å². The summed E-state index contributed by atoms with van der Waals surface area (Å²) in [6.45, 7) is 2.75. The van der Waals surface area contributed by atoms with Crippen LogP contribution in [0, 0.1) is 0 Å². The summed E-state index contributed by atoms with van der Waals surface area (Å²) in [5.41, 5.74) is 6.07. The fourth-order valence-electron chi connectivity index (χ4n) is 6.04. The van der Waals surface area contributed by atoms with Gasteiger partial charge >= 0.3 is 0 Å². The summed E-state index contributed by atoms with van der Waals surface area (Å²) in [6.07, 6.45) is 13.1. The lowest BCUT2D eigenvalue weighted by atomic mass is 9.80. The highest BCUT2D eigenvalue weighted by atomic mass is 16.2. The van der Waals surface area contributed by atoms with E-state index in [0.29, 0.717) is 23.9 Å². The minimum Gasteiger partial charge on any atom is -0.360 e. The average Bonchev–Trinajstić information content (AvgIpc) is 3.39. The van der Waals surface area contributed by atoms with E-state index in [9.17, 15) is 9.59 Å². The lowest BCUT2D eigenvalue weighted by molar-refractivity contribution is -0.111. The van der Waals surface area contributed by atoms with Crippen LogP contribution in [0.2, 0.25) is 0 Å². The highest BCUT2D eigenvalue weighted by Gasteiger charge is 2.34. The minimum atomic E-state index is -0.404. The number of carbonyl (C=O) groups is 2. The third-order valence-electron chi connectivity index (χ3n) is 8.02. The van der Waals surface area contributed by atoms with Gasteiger partial charge in [-0.2, -0.15) is 0 Å². The first kappa shape index (κ1) is 27.6. The van der Waals surface area contributed by atoms with Gasteiger partial charge in [0, 0.05) is 65.0 Å². The van der Waals surface area contributed by atoms with Gasteiger partial charge in [0.2, 0.25) is 11.9 Å². The van der Waals surface area contributed by atoms with E-state index in [0.717, 1.165) is 54.4 Å². The largest absolute Gasteiger partial charge is 0.360 e. The second-order valence-corrected chi connectivity index (χ2v) is 11.8. The molecule has 0 aliphatic heterocycles. The molecule has 2 aliphatic carbocycles. The number of aromatic nitrogens is 4. The number of aromatic amines is 1. The number of nitrogens with one attached hydrogen (secondary N) is 4. The third kappa shape index (κ3) is 5.89. The molecule has 3 aromatic heterocycles. The molecule has 0 spiro atoms. The number of nitrogens with zero attached hydrogens (tertiary/aromatic N) is 4. The van der Waals surface area contributed by atoms with Gasteiger partial charge in [0.1, 0.15) is 5.69 Å². The molecule has 10 heteroatoms. The zero-order valence-electron chi connectivity index (χ0n) is 24.2. The number of H-pyrrole nitrogens is 1. The molecule has 1 fully saturated rings. The number of fused-ring (bicyclic) bond motifs is 2. The van der Waals surface area contributed by atoms with Crippen molar-refractivity contribution in [1.82, 2.24) is 30.2 Å². The molecule has 4 aromatic rings. The van der Waals surface area contributed by atoms with Crippen LogP contribution in [-0.2, 0) is 11.2 Å². The van der Waals surface area contributed by atoms with Gasteiger partial charge in [0.15, 0.2) is 0 Å². The predicted molar refractivity (Wildman–Crippen MR) is 164 cm³/mol. The molecule has 42 heavy (non-hydrogen) atoms.